The third-order valence-electron chi connectivity index (χ3n) is 22.7. The Morgan fingerprint density at radius 1 is 0.348 bits per heavy atom. The second kappa shape index (κ2) is 69.0. The Balaban J connectivity index is 0.000000317. The van der Waals surface area contributed by atoms with Crippen molar-refractivity contribution in [3.63, 3.8) is 0 Å². The molecular weight excluding hydrogens is 1840 g/mol. The van der Waals surface area contributed by atoms with Gasteiger partial charge in [-0.05, 0) is 310 Å². The summed E-state index contributed by atoms with van der Waals surface area (Å²) in [6.07, 6.45) is 33.5. The number of fused-ring (bicyclic) bond motifs is 3. The maximum Gasteiger partial charge on any atom is 0.335 e. The molecule has 27 heteroatoms. The van der Waals surface area contributed by atoms with E-state index in [-0.39, 0.29) is 44.9 Å². The third kappa shape index (κ3) is 41.8. The highest BCUT2D eigenvalue weighted by atomic mass is 35.5. The molecule has 1 heterocycles. The first-order valence-electron chi connectivity index (χ1n) is 47.8. The zero-order valence-electron chi connectivity index (χ0n) is 79.6. The van der Waals surface area contributed by atoms with E-state index in [1.165, 1.54) is 140 Å². The average molecular weight is 1990 g/mol. The predicted molar refractivity (Wildman–Crippen MR) is 557 cm³/mol. The van der Waals surface area contributed by atoms with Crippen LogP contribution in [-0.4, -0.2) is 117 Å². The van der Waals surface area contributed by atoms with Crippen LogP contribution in [0.25, 0.3) is 21.8 Å². The summed E-state index contributed by atoms with van der Waals surface area (Å²) in [5.41, 5.74) is 20.1. The lowest BCUT2D eigenvalue weighted by molar-refractivity contribution is -0.237. The minimum absolute atomic E-state index is 0.140. The highest BCUT2D eigenvalue weighted by Gasteiger charge is 2.32. The number of alkyl halides is 5. The molecule has 13 rings (SSSR count). The van der Waals surface area contributed by atoms with Crippen LogP contribution >= 0.6 is 89.9 Å². The maximum absolute atomic E-state index is 13.8. The van der Waals surface area contributed by atoms with E-state index in [0.717, 1.165) is 194 Å². The van der Waals surface area contributed by atoms with Gasteiger partial charge in [0.1, 0.15) is 28.0 Å². The Hall–Kier alpha value is -5.91. The van der Waals surface area contributed by atoms with Crippen LogP contribution < -0.4 is 9.80 Å². The zero-order chi connectivity index (χ0) is 96.0. The number of carbonyl (C=O) groups excluding carboxylic acids is 3. The van der Waals surface area contributed by atoms with Crippen LogP contribution in [0.3, 0.4) is 0 Å². The number of halogens is 5. The second-order valence-corrected chi connectivity index (χ2v) is 40.5. The van der Waals surface area contributed by atoms with E-state index < -0.39 is 22.8 Å². The van der Waals surface area contributed by atoms with E-state index in [2.05, 4.69) is 141 Å². The summed E-state index contributed by atoms with van der Waals surface area (Å²) in [4.78, 5) is 41.2. The summed E-state index contributed by atoms with van der Waals surface area (Å²) in [5.74, 6) is 3.79. The summed E-state index contributed by atoms with van der Waals surface area (Å²) in [6.45, 7) is 20.0. The molecule has 132 heavy (non-hydrogen) atoms. The molecule has 728 valence electrons. The number of aryl methyl sites for hydroxylation is 8. The van der Waals surface area contributed by atoms with Crippen LogP contribution in [0, 0.1) is 0 Å². The fourth-order valence-corrected chi connectivity index (χ4v) is 22.5. The van der Waals surface area contributed by atoms with Gasteiger partial charge in [-0.15, -0.1) is 58.0 Å². The quantitative estimate of drug-likeness (QED) is 0.00936. The highest BCUT2D eigenvalue weighted by molar-refractivity contribution is 7.53. The standard InChI is InChI=1S/C34H55O9P3.C31H37Cl2NO.C19H29Cl2NO.C19H20ClNO.C2H6O2.HOP/c1-8-15-27-20-29-18-19-31-23-33(25-45(36,40-11-4)41-12-5)30(22-34(31)26-46(37,42-13-6)43-14-7)17-16-28(27)21-32(29)24-44(35,38-9-2)39-10-3;32-23-7-3-1-5-9-26-11-17-29(18-12-26)34(31-21-15-28(25-35)16-22-31)30-19-13-27(14-20-30)10-6-2-4-8-24-33;20-13-5-1-3-7-15-22(16-8-4-2-6-14-21)19-11-9-18(17-23)10-12-19;20-11-5-1-2-6-12-21-18-8-4-3-7-16(18)17-13-15(14-22)9-10-19(17)21;1-2-4-3;1-2/h20-23H,8-19,24-26H2,1-7H3;11-22,25H,1-10,23-24H2;9-12,17H,1-8,13-16H2;3-4,7-10,13-14H,1-2,5-6,11-12H2;3H,2H2,1H3;2H. The second-order valence-electron chi connectivity index (χ2n) is 32.4. The smallest absolute Gasteiger partial charge is 0.335 e. The lowest BCUT2D eigenvalue weighted by Gasteiger charge is -2.26. The molecule has 4 aliphatic carbocycles. The van der Waals surface area contributed by atoms with Crippen molar-refractivity contribution < 1.29 is 69.9 Å². The number of aromatic nitrogens is 1. The largest absolute Gasteiger partial charge is 0.372 e. The van der Waals surface area contributed by atoms with E-state index in [0.29, 0.717) is 51.1 Å². The number of unbranched alkanes of at least 4 members (excludes halogenated alkanes) is 15. The van der Waals surface area contributed by atoms with Crippen LogP contribution in [0.15, 0.2) is 164 Å². The molecule has 0 saturated carbocycles. The number of anilines is 4. The van der Waals surface area contributed by atoms with Gasteiger partial charge in [0, 0.05) is 110 Å². The lowest BCUT2D eigenvalue weighted by atomic mass is 9.86. The van der Waals surface area contributed by atoms with Gasteiger partial charge in [-0.1, -0.05) is 144 Å². The van der Waals surface area contributed by atoms with Crippen molar-refractivity contribution in [1.82, 2.24) is 4.57 Å². The fraction of sp³-hybridized carbons (Fsp3) is 0.514. The molecule has 0 atom stereocenters. The van der Waals surface area contributed by atoms with Gasteiger partial charge < -0.3 is 41.5 Å². The lowest BCUT2D eigenvalue weighted by Crippen LogP contribution is -2.25. The topological polar surface area (TPSA) is 216 Å². The van der Waals surface area contributed by atoms with Crippen LogP contribution in [-0.2, 0) is 120 Å². The number of aldehydes is 3. The number of para-hydroxylation sites is 1. The number of hydrogen-bond donors (Lipinski definition) is 1. The number of nitrogens with zero attached hydrogens (tertiary/aromatic N) is 3. The average Bonchev–Trinajstić information content (AvgIpc) is 1.60. The summed E-state index contributed by atoms with van der Waals surface area (Å²) in [6, 6.07) is 56.5. The predicted octanol–water partition coefficient (Wildman–Crippen LogP) is 31.8. The molecule has 4 bridgehead atoms. The Morgan fingerprint density at radius 3 is 1.01 bits per heavy atom. The SMILES string of the molecule is CCCc1cc2c(CP(=O)(OCC)OCC)cc1CCc1cc(CP(=O)(OCC)OCC)c(cc1CP(=O)(OCC)OCC)CC2.CCOO.O=Cc1ccc(N(CCCCCCCl)CCCCCCCl)cc1.O=Cc1ccc(N(c2ccc(CCCCCCCl)cc2)c2ccc(CCCCCCCl)cc2)cc1.O=Cc1ccc2c(c1)c1ccccc1n2CCCCCCCl.O=P. The molecule has 0 unspecified atom stereocenters. The molecule has 0 amide bonds. The monoisotopic (exact) mass is 1990 g/mol. The van der Waals surface area contributed by atoms with Crippen molar-refractivity contribution >= 4 is 153 Å². The van der Waals surface area contributed by atoms with Crippen molar-refractivity contribution in [3.8, 4) is 0 Å². The van der Waals surface area contributed by atoms with Gasteiger partial charge in [-0.2, -0.15) is 0 Å². The molecule has 0 fully saturated rings. The molecule has 18 nitrogen and oxygen atoms in total. The molecule has 0 aliphatic heterocycles. The molecule has 4 aliphatic rings. The van der Waals surface area contributed by atoms with Crippen molar-refractivity contribution in [2.45, 2.75) is 260 Å². The normalized spacial score (nSPS) is 11.8. The molecule has 9 aromatic rings. The Labute approximate surface area is 816 Å². The molecule has 0 saturated heterocycles. The van der Waals surface area contributed by atoms with Gasteiger partial charge in [0.05, 0.1) is 64.7 Å². The molecular formula is C105H148Cl5N3O15P4. The Morgan fingerprint density at radius 2 is 0.659 bits per heavy atom. The van der Waals surface area contributed by atoms with Crippen LogP contribution in [0.5, 0.6) is 0 Å². The zero-order valence-corrected chi connectivity index (χ0v) is 87.0. The van der Waals surface area contributed by atoms with Crippen LogP contribution in [0.1, 0.15) is 277 Å². The van der Waals surface area contributed by atoms with Gasteiger partial charge in [0.2, 0.25) is 0 Å². The van der Waals surface area contributed by atoms with Gasteiger partial charge in [-0.3, -0.25) is 37.9 Å². The molecule has 1 aromatic heterocycles. The minimum atomic E-state index is -3.41. The highest BCUT2D eigenvalue weighted by Crippen LogP contribution is 2.56. The summed E-state index contributed by atoms with van der Waals surface area (Å²) in [7, 11) is -8.42. The van der Waals surface area contributed by atoms with Gasteiger partial charge in [0.25, 0.3) is 0 Å². The van der Waals surface area contributed by atoms with Gasteiger partial charge >= 0.3 is 22.8 Å². The van der Waals surface area contributed by atoms with E-state index in [1.54, 1.807) is 16.0 Å². The van der Waals surface area contributed by atoms with Crippen molar-refractivity contribution in [3.05, 3.63) is 236 Å². The molecule has 0 radical (unpaired) electrons. The maximum atomic E-state index is 13.8. The molecule has 1 N–H and O–H groups in total. The summed E-state index contributed by atoms with van der Waals surface area (Å²) < 4.78 is 86.0. The van der Waals surface area contributed by atoms with Crippen LogP contribution in [0.2, 0.25) is 0 Å². The minimum Gasteiger partial charge on any atom is -0.372 e. The van der Waals surface area contributed by atoms with E-state index in [9.17, 15) is 28.1 Å². The van der Waals surface area contributed by atoms with E-state index in [4.69, 9.17) is 95.0 Å². The van der Waals surface area contributed by atoms with E-state index >= 15 is 0 Å². The van der Waals surface area contributed by atoms with Crippen LogP contribution in [0.4, 0.5) is 22.7 Å². The number of benzene rings is 8. The molecule has 8 aromatic carbocycles. The van der Waals surface area contributed by atoms with Crippen molar-refractivity contribution in [2.75, 3.05) is 98.5 Å². The van der Waals surface area contributed by atoms with Gasteiger partial charge in [0.15, 0.2) is 0 Å². The number of rotatable bonds is 58. The van der Waals surface area contributed by atoms with Gasteiger partial charge in [-0.25, -0.2) is 4.89 Å². The fourth-order valence-electron chi connectivity index (χ4n) is 16.3. The van der Waals surface area contributed by atoms with Crippen molar-refractivity contribution in [1.29, 1.82) is 0 Å². The molecule has 0 spiro atoms. The summed E-state index contributed by atoms with van der Waals surface area (Å²) >= 11 is 28.8. The van der Waals surface area contributed by atoms with E-state index in [1.807, 2.05) is 90.1 Å². The first-order valence-corrected chi connectivity index (χ1v) is 56.1. The number of hydrogen-bond acceptors (Lipinski definition) is 17. The summed E-state index contributed by atoms with van der Waals surface area (Å²) in [5, 5.41) is 9.77. The first-order chi connectivity index (χ1) is 64.3. The Kier molecular flexibility index (Phi) is 60.9. The third-order valence-corrected chi connectivity index (χ3v) is 30.1. The number of carbonyl (C=O) groups is 3. The van der Waals surface area contributed by atoms with Crippen molar-refractivity contribution in [2.24, 2.45) is 0 Å². The first kappa shape index (κ1) is 117. The Bertz CT molecular complexity index is 4740.